The first-order valence-corrected chi connectivity index (χ1v) is 7.23. The van der Waals surface area contributed by atoms with E-state index in [0.29, 0.717) is 6.04 Å². The van der Waals surface area contributed by atoms with Crippen LogP contribution in [0.1, 0.15) is 19.3 Å². The summed E-state index contributed by atoms with van der Waals surface area (Å²) in [6, 6.07) is 3.34. The molecule has 1 heterocycles. The highest BCUT2D eigenvalue weighted by molar-refractivity contribution is 5.92. The molecule has 4 nitrogen and oxygen atoms in total. The molecule has 0 aliphatic carbocycles. The fourth-order valence-corrected chi connectivity index (χ4v) is 2.75. The summed E-state index contributed by atoms with van der Waals surface area (Å²) in [7, 11) is 1.89. The van der Waals surface area contributed by atoms with Gasteiger partial charge in [-0.15, -0.1) is 0 Å². The predicted molar refractivity (Wildman–Crippen MR) is 78.1 cm³/mol. The number of halogens is 2. The number of carbonyl (C=O) groups is 1. The number of nitrogens with zero attached hydrogens (tertiary/aromatic N) is 1. The van der Waals surface area contributed by atoms with Crippen LogP contribution in [0.2, 0.25) is 0 Å². The van der Waals surface area contributed by atoms with Crippen molar-refractivity contribution >= 4 is 11.6 Å². The lowest BCUT2D eigenvalue weighted by atomic mass is 10.0. The van der Waals surface area contributed by atoms with Gasteiger partial charge < -0.3 is 10.6 Å². The van der Waals surface area contributed by atoms with Gasteiger partial charge in [0.05, 0.1) is 6.54 Å². The third-order valence-corrected chi connectivity index (χ3v) is 3.68. The van der Waals surface area contributed by atoms with Crippen LogP contribution in [0.25, 0.3) is 0 Å². The molecule has 0 saturated carbocycles. The Labute approximate surface area is 123 Å². The van der Waals surface area contributed by atoms with Gasteiger partial charge in [0, 0.05) is 24.3 Å². The lowest BCUT2D eigenvalue weighted by Crippen LogP contribution is -2.47. The standard InChI is InChI=1S/C15H21F2N3O/c1-18-9-14-4-2-3-5-20(14)10-15(21)19-13-7-11(16)6-12(17)8-13/h6-8,14,18H,2-5,9-10H2,1H3,(H,19,21). The topological polar surface area (TPSA) is 44.4 Å². The molecule has 6 heteroatoms. The Hall–Kier alpha value is -1.53. The minimum atomic E-state index is -0.698. The van der Waals surface area contributed by atoms with Gasteiger partial charge in [-0.1, -0.05) is 6.42 Å². The SMILES string of the molecule is CNCC1CCCCN1CC(=O)Nc1cc(F)cc(F)c1. The first-order chi connectivity index (χ1) is 10.1. The van der Waals surface area contributed by atoms with Gasteiger partial charge in [-0.25, -0.2) is 8.78 Å². The van der Waals surface area contributed by atoms with Crippen molar-refractivity contribution in [3.63, 3.8) is 0 Å². The number of anilines is 1. The number of rotatable bonds is 5. The zero-order valence-electron chi connectivity index (χ0n) is 12.2. The zero-order valence-corrected chi connectivity index (χ0v) is 12.2. The van der Waals surface area contributed by atoms with Crippen molar-refractivity contribution < 1.29 is 13.6 Å². The van der Waals surface area contributed by atoms with Gasteiger partial charge in [0.1, 0.15) is 11.6 Å². The third kappa shape index (κ3) is 4.75. The van der Waals surface area contributed by atoms with Crippen LogP contribution >= 0.6 is 0 Å². The number of carbonyl (C=O) groups excluding carboxylic acids is 1. The van der Waals surface area contributed by atoms with Gasteiger partial charge >= 0.3 is 0 Å². The molecule has 1 aliphatic heterocycles. The van der Waals surface area contributed by atoms with E-state index in [9.17, 15) is 13.6 Å². The first-order valence-electron chi connectivity index (χ1n) is 7.23. The third-order valence-electron chi connectivity index (χ3n) is 3.68. The van der Waals surface area contributed by atoms with Crippen LogP contribution in [-0.2, 0) is 4.79 Å². The second-order valence-electron chi connectivity index (χ2n) is 5.38. The highest BCUT2D eigenvalue weighted by Gasteiger charge is 2.23. The van der Waals surface area contributed by atoms with Gasteiger partial charge in [-0.3, -0.25) is 9.69 Å². The largest absolute Gasteiger partial charge is 0.325 e. The monoisotopic (exact) mass is 297 g/mol. The van der Waals surface area contributed by atoms with E-state index in [1.165, 1.54) is 6.42 Å². The summed E-state index contributed by atoms with van der Waals surface area (Å²) in [6.07, 6.45) is 3.30. The number of likely N-dealkylation sites (tertiary alicyclic amines) is 1. The van der Waals surface area contributed by atoms with Crippen LogP contribution in [0.3, 0.4) is 0 Å². The van der Waals surface area contributed by atoms with Crippen molar-refractivity contribution in [2.45, 2.75) is 25.3 Å². The van der Waals surface area contributed by atoms with E-state index < -0.39 is 11.6 Å². The molecule has 1 amide bonds. The summed E-state index contributed by atoms with van der Waals surface area (Å²) < 4.78 is 26.2. The lowest BCUT2D eigenvalue weighted by Gasteiger charge is -2.35. The summed E-state index contributed by atoms with van der Waals surface area (Å²) in [5, 5.41) is 5.69. The number of likely N-dealkylation sites (N-methyl/N-ethyl adjacent to an activating group) is 1. The maximum atomic E-state index is 13.1. The molecule has 1 aromatic carbocycles. The predicted octanol–water partition coefficient (Wildman–Crippen LogP) is 1.98. The number of hydrogen-bond acceptors (Lipinski definition) is 3. The van der Waals surface area contributed by atoms with Crippen LogP contribution in [-0.4, -0.2) is 43.5 Å². The van der Waals surface area contributed by atoms with Gasteiger partial charge in [0.15, 0.2) is 0 Å². The number of hydrogen-bond donors (Lipinski definition) is 2. The quantitative estimate of drug-likeness (QED) is 0.873. The van der Waals surface area contributed by atoms with Crippen LogP contribution in [0.4, 0.5) is 14.5 Å². The molecule has 116 valence electrons. The Morgan fingerprint density at radius 3 is 2.67 bits per heavy atom. The fourth-order valence-electron chi connectivity index (χ4n) is 2.75. The van der Waals surface area contributed by atoms with Crippen molar-refractivity contribution in [3.8, 4) is 0 Å². The molecular formula is C15H21F2N3O. The second kappa shape index (κ2) is 7.47. The smallest absolute Gasteiger partial charge is 0.238 e. The summed E-state index contributed by atoms with van der Waals surface area (Å²) in [5.41, 5.74) is 0.152. The van der Waals surface area contributed by atoms with Crippen molar-refractivity contribution in [1.29, 1.82) is 0 Å². The average Bonchev–Trinajstić information content (AvgIpc) is 2.40. The molecule has 2 N–H and O–H groups in total. The van der Waals surface area contributed by atoms with E-state index >= 15 is 0 Å². The Morgan fingerprint density at radius 2 is 2.00 bits per heavy atom. The van der Waals surface area contributed by atoms with Gasteiger partial charge in [-0.05, 0) is 38.6 Å². The summed E-state index contributed by atoms with van der Waals surface area (Å²) in [5.74, 6) is -1.64. The van der Waals surface area contributed by atoms with Crippen molar-refractivity contribution in [1.82, 2.24) is 10.2 Å². The van der Waals surface area contributed by atoms with Crippen molar-refractivity contribution in [3.05, 3.63) is 29.8 Å². The van der Waals surface area contributed by atoms with E-state index in [1.54, 1.807) is 0 Å². The van der Waals surface area contributed by atoms with E-state index in [2.05, 4.69) is 15.5 Å². The Morgan fingerprint density at radius 1 is 1.29 bits per heavy atom. The Bertz CT molecular complexity index is 474. The normalized spacial score (nSPS) is 19.5. The molecule has 0 bridgehead atoms. The molecular weight excluding hydrogens is 276 g/mol. The minimum Gasteiger partial charge on any atom is -0.325 e. The van der Waals surface area contributed by atoms with Crippen molar-refractivity contribution in [2.24, 2.45) is 0 Å². The second-order valence-corrected chi connectivity index (χ2v) is 5.38. The molecule has 1 fully saturated rings. The molecule has 2 rings (SSSR count). The molecule has 0 aromatic heterocycles. The van der Waals surface area contributed by atoms with Crippen molar-refractivity contribution in [2.75, 3.05) is 32.0 Å². The molecule has 0 spiro atoms. The van der Waals surface area contributed by atoms with Crippen LogP contribution in [0.5, 0.6) is 0 Å². The minimum absolute atomic E-state index is 0.152. The van der Waals surface area contributed by atoms with E-state index in [0.717, 1.165) is 44.1 Å². The molecule has 1 saturated heterocycles. The number of nitrogens with one attached hydrogen (secondary N) is 2. The van der Waals surface area contributed by atoms with Crippen LogP contribution in [0.15, 0.2) is 18.2 Å². The first kappa shape index (κ1) is 15.9. The molecule has 1 aromatic rings. The van der Waals surface area contributed by atoms with Gasteiger partial charge in [0.25, 0.3) is 0 Å². The maximum Gasteiger partial charge on any atom is 0.238 e. The Balaban J connectivity index is 1.93. The maximum absolute atomic E-state index is 13.1. The average molecular weight is 297 g/mol. The zero-order chi connectivity index (χ0) is 15.2. The number of benzene rings is 1. The van der Waals surface area contributed by atoms with Gasteiger partial charge in [-0.2, -0.15) is 0 Å². The fraction of sp³-hybridized carbons (Fsp3) is 0.533. The molecule has 1 atom stereocenters. The van der Waals surface area contributed by atoms with E-state index in [4.69, 9.17) is 0 Å². The molecule has 1 aliphatic rings. The summed E-state index contributed by atoms with van der Waals surface area (Å²) in [6.45, 7) is 1.95. The summed E-state index contributed by atoms with van der Waals surface area (Å²) >= 11 is 0. The molecule has 1 unspecified atom stereocenters. The van der Waals surface area contributed by atoms with Gasteiger partial charge in [0.2, 0.25) is 5.91 Å². The highest BCUT2D eigenvalue weighted by atomic mass is 19.1. The van der Waals surface area contributed by atoms with E-state index in [1.807, 2.05) is 7.05 Å². The lowest BCUT2D eigenvalue weighted by molar-refractivity contribution is -0.118. The van der Waals surface area contributed by atoms with Crippen LogP contribution in [0, 0.1) is 11.6 Å². The number of amides is 1. The van der Waals surface area contributed by atoms with E-state index in [-0.39, 0.29) is 18.1 Å². The van der Waals surface area contributed by atoms with Crippen LogP contribution < -0.4 is 10.6 Å². The number of piperidine rings is 1. The Kier molecular flexibility index (Phi) is 5.64. The highest BCUT2D eigenvalue weighted by Crippen LogP contribution is 2.17. The molecule has 21 heavy (non-hydrogen) atoms. The molecule has 0 radical (unpaired) electrons. The summed E-state index contributed by atoms with van der Waals surface area (Å²) in [4.78, 5) is 14.2.